The average Bonchev–Trinajstić information content (AvgIpc) is 2.31. The molecule has 1 unspecified atom stereocenters. The van der Waals surface area contributed by atoms with Crippen molar-refractivity contribution in [2.24, 2.45) is 5.73 Å². The second kappa shape index (κ2) is 4.86. The fourth-order valence-electron chi connectivity index (χ4n) is 1.72. The van der Waals surface area contributed by atoms with Crippen LogP contribution in [0.3, 0.4) is 0 Å². The zero-order valence-electron chi connectivity index (χ0n) is 9.30. The first-order valence-corrected chi connectivity index (χ1v) is 5.33. The Hall–Kier alpha value is -1.74. The molecule has 2 aromatic heterocycles. The molecule has 2 rings (SSSR count). The van der Waals surface area contributed by atoms with Gasteiger partial charge in [-0.05, 0) is 36.2 Å². The topological polar surface area (TPSA) is 51.8 Å². The first kappa shape index (κ1) is 10.8. The van der Waals surface area contributed by atoms with Crippen molar-refractivity contribution in [3.8, 4) is 0 Å². The smallest absolute Gasteiger partial charge is 0.0422 e. The Morgan fingerprint density at radius 1 is 1.25 bits per heavy atom. The molecule has 0 amide bonds. The molecule has 3 nitrogen and oxygen atoms in total. The van der Waals surface area contributed by atoms with E-state index < -0.39 is 0 Å². The quantitative estimate of drug-likeness (QED) is 0.848. The van der Waals surface area contributed by atoms with Crippen LogP contribution in [0.25, 0.3) is 0 Å². The highest BCUT2D eigenvalue weighted by Crippen LogP contribution is 2.17. The molecule has 0 aromatic carbocycles. The van der Waals surface area contributed by atoms with Gasteiger partial charge < -0.3 is 5.73 Å². The molecule has 0 aliphatic carbocycles. The lowest BCUT2D eigenvalue weighted by molar-refractivity contribution is 0.698. The molecule has 0 aliphatic heterocycles. The number of rotatable bonds is 3. The predicted octanol–water partition coefficient (Wildman–Crippen LogP) is 2.03. The maximum atomic E-state index is 6.15. The molecule has 2 heterocycles. The Morgan fingerprint density at radius 2 is 2.12 bits per heavy atom. The van der Waals surface area contributed by atoms with E-state index >= 15 is 0 Å². The average molecular weight is 213 g/mol. The molecule has 2 N–H and O–H groups in total. The van der Waals surface area contributed by atoms with Gasteiger partial charge in [0.25, 0.3) is 0 Å². The summed E-state index contributed by atoms with van der Waals surface area (Å²) in [5.74, 6) is 0. The molecule has 0 bridgehead atoms. The lowest BCUT2D eigenvalue weighted by atomic mass is 10.0. The van der Waals surface area contributed by atoms with Gasteiger partial charge in [-0.1, -0.05) is 6.07 Å². The largest absolute Gasteiger partial charge is 0.324 e. The summed E-state index contributed by atoms with van der Waals surface area (Å²) in [7, 11) is 0. The van der Waals surface area contributed by atoms with Gasteiger partial charge in [-0.25, -0.2) is 0 Å². The van der Waals surface area contributed by atoms with E-state index in [0.29, 0.717) is 0 Å². The molecule has 0 saturated heterocycles. The van der Waals surface area contributed by atoms with Crippen LogP contribution in [-0.4, -0.2) is 9.97 Å². The number of pyridine rings is 2. The molecule has 16 heavy (non-hydrogen) atoms. The second-order valence-electron chi connectivity index (χ2n) is 3.86. The van der Waals surface area contributed by atoms with Crippen molar-refractivity contribution in [2.75, 3.05) is 0 Å². The van der Waals surface area contributed by atoms with Gasteiger partial charge in [-0.2, -0.15) is 0 Å². The van der Waals surface area contributed by atoms with Crippen molar-refractivity contribution in [3.63, 3.8) is 0 Å². The molecule has 0 spiro atoms. The van der Waals surface area contributed by atoms with E-state index in [0.717, 1.165) is 17.7 Å². The highest BCUT2D eigenvalue weighted by molar-refractivity contribution is 5.26. The number of nitrogens with two attached hydrogens (primary N) is 1. The number of aromatic nitrogens is 2. The summed E-state index contributed by atoms with van der Waals surface area (Å²) in [5, 5.41) is 0. The summed E-state index contributed by atoms with van der Waals surface area (Å²) in [6.07, 6.45) is 6.15. The van der Waals surface area contributed by atoms with E-state index in [-0.39, 0.29) is 6.04 Å². The van der Waals surface area contributed by atoms with Gasteiger partial charge >= 0.3 is 0 Å². The van der Waals surface area contributed by atoms with E-state index in [9.17, 15) is 0 Å². The Morgan fingerprint density at radius 3 is 2.81 bits per heavy atom. The normalized spacial score (nSPS) is 12.4. The molecule has 0 aliphatic rings. The summed E-state index contributed by atoms with van der Waals surface area (Å²) >= 11 is 0. The van der Waals surface area contributed by atoms with Crippen LogP contribution in [0.15, 0.2) is 42.9 Å². The Labute approximate surface area is 95.4 Å². The fraction of sp³-hybridized carbons (Fsp3) is 0.231. The summed E-state index contributed by atoms with van der Waals surface area (Å²) in [4.78, 5) is 8.38. The van der Waals surface area contributed by atoms with Crippen LogP contribution in [0.2, 0.25) is 0 Å². The zero-order chi connectivity index (χ0) is 11.4. The Bertz CT molecular complexity index is 454. The van der Waals surface area contributed by atoms with Crippen molar-refractivity contribution in [2.45, 2.75) is 19.4 Å². The Kier molecular flexibility index (Phi) is 3.27. The molecular weight excluding hydrogens is 198 g/mol. The van der Waals surface area contributed by atoms with Gasteiger partial charge in [-0.3, -0.25) is 9.97 Å². The second-order valence-corrected chi connectivity index (χ2v) is 3.86. The van der Waals surface area contributed by atoms with E-state index in [1.807, 2.05) is 30.5 Å². The van der Waals surface area contributed by atoms with Crippen LogP contribution in [0.4, 0.5) is 0 Å². The molecule has 3 heteroatoms. The summed E-state index contributed by atoms with van der Waals surface area (Å²) in [6, 6.07) is 7.82. The standard InChI is InChI=1S/C13H15N3/c1-10-5-7-15-9-12(10)13(14)8-11-4-2-3-6-16-11/h2-7,9,13H,8,14H2,1H3. The first-order chi connectivity index (χ1) is 7.77. The monoisotopic (exact) mass is 213 g/mol. The van der Waals surface area contributed by atoms with Gasteiger partial charge in [-0.15, -0.1) is 0 Å². The van der Waals surface area contributed by atoms with Crippen LogP contribution in [0.5, 0.6) is 0 Å². The van der Waals surface area contributed by atoms with E-state index in [1.54, 1.807) is 12.4 Å². The third-order valence-electron chi connectivity index (χ3n) is 2.63. The fourth-order valence-corrected chi connectivity index (χ4v) is 1.72. The molecule has 82 valence electrons. The third kappa shape index (κ3) is 2.44. The molecule has 1 atom stereocenters. The highest BCUT2D eigenvalue weighted by Gasteiger charge is 2.10. The molecule has 0 saturated carbocycles. The van der Waals surface area contributed by atoms with E-state index in [4.69, 9.17) is 5.73 Å². The maximum absolute atomic E-state index is 6.15. The molecule has 0 fully saturated rings. The van der Waals surface area contributed by atoms with E-state index in [1.165, 1.54) is 5.56 Å². The van der Waals surface area contributed by atoms with Gasteiger partial charge in [0.1, 0.15) is 0 Å². The predicted molar refractivity (Wildman–Crippen MR) is 63.8 cm³/mol. The van der Waals surface area contributed by atoms with Crippen LogP contribution in [0.1, 0.15) is 22.9 Å². The number of aryl methyl sites for hydroxylation is 1. The third-order valence-corrected chi connectivity index (χ3v) is 2.63. The van der Waals surface area contributed by atoms with E-state index in [2.05, 4.69) is 16.9 Å². The summed E-state index contributed by atoms with van der Waals surface area (Å²) in [6.45, 7) is 2.05. The van der Waals surface area contributed by atoms with Gasteiger partial charge in [0.05, 0.1) is 0 Å². The number of hydrogen-bond acceptors (Lipinski definition) is 3. The van der Waals surface area contributed by atoms with Gasteiger partial charge in [0, 0.05) is 36.7 Å². The Balaban J connectivity index is 2.15. The van der Waals surface area contributed by atoms with Crippen molar-refractivity contribution in [3.05, 3.63) is 59.7 Å². The van der Waals surface area contributed by atoms with Crippen LogP contribution < -0.4 is 5.73 Å². The van der Waals surface area contributed by atoms with Crippen molar-refractivity contribution >= 4 is 0 Å². The maximum Gasteiger partial charge on any atom is 0.0422 e. The zero-order valence-corrected chi connectivity index (χ0v) is 9.30. The summed E-state index contributed by atoms with van der Waals surface area (Å²) in [5.41, 5.74) is 9.43. The molecular formula is C13H15N3. The van der Waals surface area contributed by atoms with Crippen LogP contribution in [-0.2, 0) is 6.42 Å². The van der Waals surface area contributed by atoms with Gasteiger partial charge in [0.15, 0.2) is 0 Å². The van der Waals surface area contributed by atoms with Crippen LogP contribution >= 0.6 is 0 Å². The highest BCUT2D eigenvalue weighted by atomic mass is 14.7. The minimum atomic E-state index is -0.0383. The number of nitrogens with zero attached hydrogens (tertiary/aromatic N) is 2. The van der Waals surface area contributed by atoms with Crippen molar-refractivity contribution < 1.29 is 0 Å². The lowest BCUT2D eigenvalue weighted by Crippen LogP contribution is -2.15. The van der Waals surface area contributed by atoms with Crippen LogP contribution in [0, 0.1) is 6.92 Å². The molecule has 0 radical (unpaired) electrons. The number of hydrogen-bond donors (Lipinski definition) is 1. The minimum absolute atomic E-state index is 0.0383. The lowest BCUT2D eigenvalue weighted by Gasteiger charge is -2.13. The van der Waals surface area contributed by atoms with Crippen molar-refractivity contribution in [1.29, 1.82) is 0 Å². The SMILES string of the molecule is Cc1ccncc1C(N)Cc1ccccn1. The van der Waals surface area contributed by atoms with Gasteiger partial charge in [0.2, 0.25) is 0 Å². The van der Waals surface area contributed by atoms with Crippen molar-refractivity contribution in [1.82, 2.24) is 9.97 Å². The first-order valence-electron chi connectivity index (χ1n) is 5.33. The molecule has 2 aromatic rings. The minimum Gasteiger partial charge on any atom is -0.324 e. The summed E-state index contributed by atoms with van der Waals surface area (Å²) < 4.78 is 0.